The lowest BCUT2D eigenvalue weighted by atomic mass is 9.91. The minimum atomic E-state index is -0.986. The fraction of sp³-hybridized carbons (Fsp3) is 0.294. The van der Waals surface area contributed by atoms with E-state index < -0.39 is 5.60 Å². The van der Waals surface area contributed by atoms with Gasteiger partial charge in [0.05, 0.1) is 0 Å². The largest absolute Gasteiger partial charge is 0.490 e. The zero-order chi connectivity index (χ0) is 14.3. The van der Waals surface area contributed by atoms with Gasteiger partial charge in [0, 0.05) is 0 Å². The molecule has 0 heterocycles. The van der Waals surface area contributed by atoms with Gasteiger partial charge in [-0.25, -0.2) is 0 Å². The minimum absolute atomic E-state index is 0.239. The van der Waals surface area contributed by atoms with Crippen molar-refractivity contribution < 1.29 is 9.84 Å². The van der Waals surface area contributed by atoms with Gasteiger partial charge in [0.1, 0.15) is 18.0 Å². The maximum Gasteiger partial charge on any atom is 0.125 e. The van der Waals surface area contributed by atoms with Crippen LogP contribution >= 0.6 is 0 Å². The van der Waals surface area contributed by atoms with Crippen LogP contribution in [-0.2, 0) is 5.60 Å². The molecule has 0 amide bonds. The number of para-hydroxylation sites is 1. The van der Waals surface area contributed by atoms with Crippen LogP contribution in [0, 0.1) is 0 Å². The Morgan fingerprint density at radius 2 is 1.60 bits per heavy atom. The van der Waals surface area contributed by atoms with Crippen LogP contribution in [0.4, 0.5) is 0 Å². The maximum atomic E-state index is 10.9. The summed E-state index contributed by atoms with van der Waals surface area (Å²) in [6.07, 6.45) is 0.598. The fourth-order valence-electron chi connectivity index (χ4n) is 2.10. The number of nitrogens with one attached hydrogen (secondary N) is 1. The Morgan fingerprint density at radius 3 is 2.20 bits per heavy atom. The quantitative estimate of drug-likeness (QED) is 0.813. The van der Waals surface area contributed by atoms with Crippen LogP contribution in [-0.4, -0.2) is 25.3 Å². The van der Waals surface area contributed by atoms with Crippen LogP contribution in [0.1, 0.15) is 12.0 Å². The molecule has 2 rings (SSSR count). The summed E-state index contributed by atoms with van der Waals surface area (Å²) in [5.74, 6) is 0.770. The zero-order valence-corrected chi connectivity index (χ0v) is 11.8. The van der Waals surface area contributed by atoms with Gasteiger partial charge in [0.25, 0.3) is 0 Å². The number of hydrogen-bond donors (Lipinski definition) is 2. The molecule has 0 spiro atoms. The molecule has 106 valence electrons. The van der Waals surface area contributed by atoms with E-state index in [1.807, 2.05) is 67.7 Å². The number of benzene rings is 2. The molecule has 1 unspecified atom stereocenters. The Balaban J connectivity index is 2.11. The van der Waals surface area contributed by atoms with E-state index in [0.717, 1.165) is 17.9 Å². The predicted octanol–water partition coefficient (Wildman–Crippen LogP) is 2.56. The van der Waals surface area contributed by atoms with Gasteiger partial charge in [-0.05, 0) is 37.7 Å². The standard InChI is InChI=1S/C17H21NO2/c1-18-13-12-17(19,15-8-4-2-5-9-15)14-20-16-10-6-3-7-11-16/h2-11,18-19H,12-14H2,1H3. The van der Waals surface area contributed by atoms with Gasteiger partial charge in [0.15, 0.2) is 0 Å². The van der Waals surface area contributed by atoms with Gasteiger partial charge in [-0.15, -0.1) is 0 Å². The molecule has 3 heteroatoms. The topological polar surface area (TPSA) is 41.5 Å². The molecule has 3 nitrogen and oxygen atoms in total. The Labute approximate surface area is 120 Å². The molecule has 1 atom stereocenters. The van der Waals surface area contributed by atoms with Crippen LogP contribution in [0.5, 0.6) is 5.75 Å². The van der Waals surface area contributed by atoms with E-state index in [1.165, 1.54) is 0 Å². The summed E-state index contributed by atoms with van der Waals surface area (Å²) in [7, 11) is 1.88. The summed E-state index contributed by atoms with van der Waals surface area (Å²) in [6, 6.07) is 19.2. The van der Waals surface area contributed by atoms with Crippen molar-refractivity contribution in [3.63, 3.8) is 0 Å². The van der Waals surface area contributed by atoms with E-state index in [0.29, 0.717) is 6.42 Å². The third-order valence-electron chi connectivity index (χ3n) is 3.32. The first-order valence-electron chi connectivity index (χ1n) is 6.85. The van der Waals surface area contributed by atoms with Crippen molar-refractivity contribution >= 4 is 0 Å². The second kappa shape index (κ2) is 7.08. The van der Waals surface area contributed by atoms with Crippen molar-refractivity contribution in [3.8, 4) is 5.75 Å². The first kappa shape index (κ1) is 14.6. The van der Waals surface area contributed by atoms with E-state index in [2.05, 4.69) is 5.32 Å². The van der Waals surface area contributed by atoms with Crippen molar-refractivity contribution in [1.29, 1.82) is 0 Å². The molecule has 0 saturated carbocycles. The highest BCUT2D eigenvalue weighted by Crippen LogP contribution is 2.26. The van der Waals surface area contributed by atoms with Crippen LogP contribution in [0.15, 0.2) is 60.7 Å². The fourth-order valence-corrected chi connectivity index (χ4v) is 2.10. The zero-order valence-electron chi connectivity index (χ0n) is 11.8. The predicted molar refractivity (Wildman–Crippen MR) is 80.8 cm³/mol. The van der Waals surface area contributed by atoms with Gasteiger partial charge in [-0.1, -0.05) is 48.5 Å². The first-order valence-corrected chi connectivity index (χ1v) is 6.85. The van der Waals surface area contributed by atoms with Gasteiger partial charge >= 0.3 is 0 Å². The third kappa shape index (κ3) is 3.83. The molecule has 0 aliphatic carbocycles. The lowest BCUT2D eigenvalue weighted by Crippen LogP contribution is -2.36. The molecule has 2 N–H and O–H groups in total. The Bertz CT molecular complexity index is 501. The highest BCUT2D eigenvalue weighted by Gasteiger charge is 2.29. The Morgan fingerprint density at radius 1 is 1.00 bits per heavy atom. The van der Waals surface area contributed by atoms with Crippen molar-refractivity contribution in [2.75, 3.05) is 20.2 Å². The lowest BCUT2D eigenvalue weighted by molar-refractivity contribution is -0.0162. The minimum Gasteiger partial charge on any atom is -0.490 e. The second-order valence-electron chi connectivity index (χ2n) is 4.85. The molecule has 2 aromatic rings. The molecule has 0 radical (unpaired) electrons. The van der Waals surface area contributed by atoms with Gasteiger partial charge < -0.3 is 15.2 Å². The normalized spacial score (nSPS) is 13.7. The molecule has 0 saturated heterocycles. The SMILES string of the molecule is CNCCC(O)(COc1ccccc1)c1ccccc1. The van der Waals surface area contributed by atoms with Crippen LogP contribution in [0.25, 0.3) is 0 Å². The summed E-state index contributed by atoms with van der Waals surface area (Å²) >= 11 is 0. The van der Waals surface area contributed by atoms with Crippen molar-refractivity contribution in [1.82, 2.24) is 5.32 Å². The van der Waals surface area contributed by atoms with E-state index in [4.69, 9.17) is 4.74 Å². The molecule has 0 bridgehead atoms. The molecule has 0 aliphatic rings. The monoisotopic (exact) mass is 271 g/mol. The van der Waals surface area contributed by atoms with E-state index in [1.54, 1.807) is 0 Å². The third-order valence-corrected chi connectivity index (χ3v) is 3.32. The van der Waals surface area contributed by atoms with Crippen molar-refractivity contribution in [2.45, 2.75) is 12.0 Å². The molecule has 0 aromatic heterocycles. The van der Waals surface area contributed by atoms with Gasteiger partial charge in [-0.2, -0.15) is 0 Å². The number of hydrogen-bond acceptors (Lipinski definition) is 3. The number of rotatable bonds is 7. The molecular weight excluding hydrogens is 250 g/mol. The highest BCUT2D eigenvalue weighted by atomic mass is 16.5. The lowest BCUT2D eigenvalue weighted by Gasteiger charge is -2.28. The summed E-state index contributed by atoms with van der Waals surface area (Å²) in [6.45, 7) is 0.965. The van der Waals surface area contributed by atoms with Crippen LogP contribution < -0.4 is 10.1 Å². The molecule has 0 fully saturated rings. The smallest absolute Gasteiger partial charge is 0.125 e. The second-order valence-corrected chi connectivity index (χ2v) is 4.85. The summed E-state index contributed by atoms with van der Waals surface area (Å²) < 4.78 is 5.74. The van der Waals surface area contributed by atoms with Crippen LogP contribution in [0.2, 0.25) is 0 Å². The Hall–Kier alpha value is -1.84. The Kier molecular flexibility index (Phi) is 5.16. The van der Waals surface area contributed by atoms with E-state index in [-0.39, 0.29) is 6.61 Å². The molecule has 0 aliphatic heterocycles. The van der Waals surface area contributed by atoms with Crippen molar-refractivity contribution in [3.05, 3.63) is 66.2 Å². The average molecular weight is 271 g/mol. The van der Waals surface area contributed by atoms with E-state index >= 15 is 0 Å². The summed E-state index contributed by atoms with van der Waals surface area (Å²) in [5.41, 5.74) is -0.105. The average Bonchev–Trinajstić information content (AvgIpc) is 2.53. The number of ether oxygens (including phenoxy) is 1. The van der Waals surface area contributed by atoms with Crippen molar-refractivity contribution in [2.24, 2.45) is 0 Å². The number of aliphatic hydroxyl groups is 1. The molecular formula is C17H21NO2. The molecule has 2 aromatic carbocycles. The van der Waals surface area contributed by atoms with Gasteiger partial charge in [0.2, 0.25) is 0 Å². The highest BCUT2D eigenvalue weighted by molar-refractivity contribution is 5.25. The van der Waals surface area contributed by atoms with Crippen LogP contribution in [0.3, 0.4) is 0 Å². The summed E-state index contributed by atoms with van der Waals surface area (Å²) in [5, 5.41) is 14.0. The van der Waals surface area contributed by atoms with Gasteiger partial charge in [-0.3, -0.25) is 0 Å². The molecule has 20 heavy (non-hydrogen) atoms. The van der Waals surface area contributed by atoms with E-state index in [9.17, 15) is 5.11 Å². The first-order chi connectivity index (χ1) is 9.74. The maximum absolute atomic E-state index is 10.9. The summed E-state index contributed by atoms with van der Waals surface area (Å²) in [4.78, 5) is 0.